The Hall–Kier alpha value is -0.120. The van der Waals surface area contributed by atoms with Crippen LogP contribution in [0.1, 0.15) is 46.5 Å². The molecule has 0 aliphatic heterocycles. The maximum absolute atomic E-state index is 5.45. The highest BCUT2D eigenvalue weighted by atomic mass is 16.5. The largest absolute Gasteiger partial charge is 0.379 e. The van der Waals surface area contributed by atoms with Gasteiger partial charge in [-0.1, -0.05) is 26.7 Å². The van der Waals surface area contributed by atoms with E-state index in [2.05, 4.69) is 26.1 Å². The normalized spacial score (nSPS) is 12.9. The van der Waals surface area contributed by atoms with E-state index in [1.165, 1.54) is 19.3 Å². The Bertz CT molecular complexity index is 131. The van der Waals surface area contributed by atoms with Crippen LogP contribution in [0.5, 0.6) is 0 Å². The van der Waals surface area contributed by atoms with E-state index in [1.54, 1.807) is 0 Å². The summed E-state index contributed by atoms with van der Waals surface area (Å²) in [6.45, 7) is 10.6. The van der Waals surface area contributed by atoms with Crippen LogP contribution in [-0.2, 0) is 9.47 Å². The summed E-state index contributed by atoms with van der Waals surface area (Å²) in [5.74, 6) is 0. The summed E-state index contributed by atoms with van der Waals surface area (Å²) >= 11 is 0. The van der Waals surface area contributed by atoms with E-state index in [1.807, 2.05) is 0 Å². The molecule has 0 aromatic heterocycles. The topological polar surface area (TPSA) is 30.5 Å². The zero-order chi connectivity index (χ0) is 12.1. The lowest BCUT2D eigenvalue weighted by Crippen LogP contribution is -2.29. The molecule has 3 nitrogen and oxygen atoms in total. The van der Waals surface area contributed by atoms with Crippen LogP contribution in [-0.4, -0.2) is 39.0 Å². The summed E-state index contributed by atoms with van der Waals surface area (Å²) < 4.78 is 10.8. The van der Waals surface area contributed by atoms with Crippen molar-refractivity contribution in [1.82, 2.24) is 5.32 Å². The highest BCUT2D eigenvalue weighted by Gasteiger charge is 1.97. The molecule has 0 bridgehead atoms. The summed E-state index contributed by atoms with van der Waals surface area (Å²) in [4.78, 5) is 0. The molecule has 0 radical (unpaired) electrons. The molecule has 0 rings (SSSR count). The van der Waals surface area contributed by atoms with Gasteiger partial charge in [0.25, 0.3) is 0 Å². The van der Waals surface area contributed by atoms with Crippen LogP contribution in [0.2, 0.25) is 0 Å². The Morgan fingerprint density at radius 3 is 2.25 bits per heavy atom. The fourth-order valence-electron chi connectivity index (χ4n) is 1.48. The Morgan fingerprint density at radius 1 is 0.938 bits per heavy atom. The molecule has 0 saturated carbocycles. The van der Waals surface area contributed by atoms with E-state index in [4.69, 9.17) is 9.47 Å². The zero-order valence-corrected chi connectivity index (χ0v) is 11.3. The van der Waals surface area contributed by atoms with Crippen LogP contribution in [0.25, 0.3) is 0 Å². The predicted octanol–water partition coefficient (Wildman–Crippen LogP) is 2.60. The molecule has 1 atom stereocenters. The lowest BCUT2D eigenvalue weighted by Gasteiger charge is -2.12. The van der Waals surface area contributed by atoms with Gasteiger partial charge in [-0.15, -0.1) is 0 Å². The molecule has 0 saturated heterocycles. The fraction of sp³-hybridized carbons (Fsp3) is 1.00. The molecule has 3 heteroatoms. The molecule has 0 aromatic carbocycles. The molecule has 0 amide bonds. The maximum atomic E-state index is 5.45. The monoisotopic (exact) mass is 231 g/mol. The van der Waals surface area contributed by atoms with Crippen LogP contribution in [0.3, 0.4) is 0 Å². The van der Waals surface area contributed by atoms with Crippen molar-refractivity contribution in [3.8, 4) is 0 Å². The summed E-state index contributed by atoms with van der Waals surface area (Å²) in [6, 6.07) is 0.606. The Balaban J connectivity index is 2.98. The zero-order valence-electron chi connectivity index (χ0n) is 11.3. The number of hydrogen-bond donors (Lipinski definition) is 1. The first-order valence-corrected chi connectivity index (χ1v) is 6.70. The van der Waals surface area contributed by atoms with Crippen molar-refractivity contribution >= 4 is 0 Å². The highest BCUT2D eigenvalue weighted by Crippen LogP contribution is 1.93. The van der Waals surface area contributed by atoms with E-state index in [-0.39, 0.29) is 0 Å². The van der Waals surface area contributed by atoms with E-state index in [0.29, 0.717) is 12.6 Å². The molecular weight excluding hydrogens is 202 g/mol. The molecule has 0 aromatic rings. The first kappa shape index (κ1) is 15.9. The SMILES string of the molecule is CCCCOCCOCCNC(C)CCC. The molecular formula is C13H29NO2. The average Bonchev–Trinajstić information content (AvgIpc) is 2.27. The van der Waals surface area contributed by atoms with Gasteiger partial charge in [0, 0.05) is 19.2 Å². The second-order valence-electron chi connectivity index (χ2n) is 4.22. The number of ether oxygens (including phenoxy) is 2. The smallest absolute Gasteiger partial charge is 0.0701 e. The van der Waals surface area contributed by atoms with Crippen LogP contribution in [0.15, 0.2) is 0 Å². The minimum absolute atomic E-state index is 0.606. The molecule has 16 heavy (non-hydrogen) atoms. The van der Waals surface area contributed by atoms with Crippen LogP contribution < -0.4 is 5.32 Å². The van der Waals surface area contributed by atoms with Crippen molar-refractivity contribution in [2.75, 3.05) is 33.0 Å². The second kappa shape index (κ2) is 12.9. The average molecular weight is 231 g/mol. The van der Waals surface area contributed by atoms with Gasteiger partial charge in [-0.25, -0.2) is 0 Å². The van der Waals surface area contributed by atoms with E-state index in [0.717, 1.165) is 32.8 Å². The maximum Gasteiger partial charge on any atom is 0.0701 e. The minimum Gasteiger partial charge on any atom is -0.379 e. The Kier molecular flexibility index (Phi) is 12.9. The first-order valence-electron chi connectivity index (χ1n) is 6.70. The van der Waals surface area contributed by atoms with Gasteiger partial charge >= 0.3 is 0 Å². The van der Waals surface area contributed by atoms with E-state index in [9.17, 15) is 0 Å². The van der Waals surface area contributed by atoms with Crippen LogP contribution in [0.4, 0.5) is 0 Å². The van der Waals surface area contributed by atoms with Gasteiger partial charge in [0.1, 0.15) is 0 Å². The molecule has 0 aliphatic rings. The van der Waals surface area contributed by atoms with E-state index < -0.39 is 0 Å². The quantitative estimate of drug-likeness (QED) is 0.524. The number of unbranched alkanes of at least 4 members (excludes halogenated alkanes) is 1. The standard InChI is InChI=1S/C13H29NO2/c1-4-6-9-15-11-12-16-10-8-14-13(3)7-5-2/h13-14H,4-12H2,1-3H3. The third kappa shape index (κ3) is 12.0. The van der Waals surface area contributed by atoms with Gasteiger partial charge in [0.05, 0.1) is 19.8 Å². The lowest BCUT2D eigenvalue weighted by atomic mass is 10.2. The van der Waals surface area contributed by atoms with Gasteiger partial charge in [0.15, 0.2) is 0 Å². The third-order valence-electron chi connectivity index (χ3n) is 2.48. The highest BCUT2D eigenvalue weighted by molar-refractivity contribution is 4.58. The van der Waals surface area contributed by atoms with Crippen molar-refractivity contribution in [2.24, 2.45) is 0 Å². The van der Waals surface area contributed by atoms with Crippen molar-refractivity contribution < 1.29 is 9.47 Å². The molecule has 0 fully saturated rings. The summed E-state index contributed by atoms with van der Waals surface area (Å²) in [6.07, 6.45) is 4.82. The third-order valence-corrected chi connectivity index (χ3v) is 2.48. The predicted molar refractivity (Wildman–Crippen MR) is 68.9 cm³/mol. The summed E-state index contributed by atoms with van der Waals surface area (Å²) in [5, 5.41) is 3.43. The minimum atomic E-state index is 0.606. The van der Waals surface area contributed by atoms with Gasteiger partial charge < -0.3 is 14.8 Å². The molecule has 0 aliphatic carbocycles. The molecule has 0 heterocycles. The van der Waals surface area contributed by atoms with Crippen LogP contribution >= 0.6 is 0 Å². The number of rotatable bonds is 12. The first-order chi connectivity index (χ1) is 7.81. The van der Waals surface area contributed by atoms with Gasteiger partial charge in [-0.05, 0) is 19.8 Å². The van der Waals surface area contributed by atoms with Gasteiger partial charge in [-0.2, -0.15) is 0 Å². The van der Waals surface area contributed by atoms with Crippen molar-refractivity contribution in [3.05, 3.63) is 0 Å². The Morgan fingerprint density at radius 2 is 1.62 bits per heavy atom. The fourth-order valence-corrected chi connectivity index (χ4v) is 1.48. The van der Waals surface area contributed by atoms with E-state index >= 15 is 0 Å². The van der Waals surface area contributed by atoms with Crippen molar-refractivity contribution in [2.45, 2.75) is 52.5 Å². The Labute approximate surface area is 101 Å². The van der Waals surface area contributed by atoms with Crippen molar-refractivity contribution in [1.29, 1.82) is 0 Å². The molecule has 98 valence electrons. The van der Waals surface area contributed by atoms with Crippen LogP contribution in [0, 0.1) is 0 Å². The molecule has 0 spiro atoms. The van der Waals surface area contributed by atoms with Gasteiger partial charge in [-0.3, -0.25) is 0 Å². The second-order valence-corrected chi connectivity index (χ2v) is 4.22. The number of hydrogen-bond acceptors (Lipinski definition) is 3. The lowest BCUT2D eigenvalue weighted by molar-refractivity contribution is 0.0472. The molecule has 1 N–H and O–H groups in total. The molecule has 1 unspecified atom stereocenters. The number of nitrogens with one attached hydrogen (secondary N) is 1. The van der Waals surface area contributed by atoms with Crippen molar-refractivity contribution in [3.63, 3.8) is 0 Å². The van der Waals surface area contributed by atoms with Gasteiger partial charge in [0.2, 0.25) is 0 Å². The summed E-state index contributed by atoms with van der Waals surface area (Å²) in [7, 11) is 0. The summed E-state index contributed by atoms with van der Waals surface area (Å²) in [5.41, 5.74) is 0.